The Balaban J connectivity index is 2.16. The van der Waals surface area contributed by atoms with Crippen molar-refractivity contribution >= 4 is 22.6 Å². The summed E-state index contributed by atoms with van der Waals surface area (Å²) in [4.78, 5) is 25.1. The third kappa shape index (κ3) is 2.57. The van der Waals surface area contributed by atoms with E-state index in [0.717, 1.165) is 11.2 Å². The zero-order chi connectivity index (χ0) is 19.3. The van der Waals surface area contributed by atoms with Crippen LogP contribution in [0.15, 0.2) is 30.3 Å². The highest BCUT2D eigenvalue weighted by Crippen LogP contribution is 2.30. The molecule has 3 aromatic heterocycles. The Morgan fingerprint density at radius 1 is 1.11 bits per heavy atom. The largest absolute Gasteiger partial charge is 0.481 e. The van der Waals surface area contributed by atoms with Gasteiger partial charge in [0.05, 0.1) is 29.6 Å². The number of methoxy groups -OCH3 is 1. The first-order chi connectivity index (χ1) is 12.9. The van der Waals surface area contributed by atoms with Gasteiger partial charge in [0.15, 0.2) is 5.65 Å². The summed E-state index contributed by atoms with van der Waals surface area (Å²) < 4.78 is 21.6. The Kier molecular flexibility index (Phi) is 3.76. The molecule has 136 valence electrons. The summed E-state index contributed by atoms with van der Waals surface area (Å²) in [5, 5.41) is 0. The third-order valence-corrected chi connectivity index (χ3v) is 4.42. The molecule has 0 atom stereocenters. The molecule has 0 aliphatic heterocycles. The summed E-state index contributed by atoms with van der Waals surface area (Å²) in [5.74, 6) is -0.439. The smallest absolute Gasteiger partial charge is 0.248 e. The van der Waals surface area contributed by atoms with Gasteiger partial charge in [0.1, 0.15) is 17.2 Å². The number of fused-ring (bicyclic) bond motifs is 3. The number of halogens is 1. The predicted molar refractivity (Wildman–Crippen MR) is 98.2 cm³/mol. The predicted octanol–water partition coefficient (Wildman–Crippen LogP) is 2.81. The zero-order valence-electron chi connectivity index (χ0n) is 14.9. The summed E-state index contributed by atoms with van der Waals surface area (Å²) in [7, 11) is 1.52. The lowest BCUT2D eigenvalue weighted by Crippen LogP contribution is -2.11. The molecule has 0 radical (unpaired) electrons. The van der Waals surface area contributed by atoms with Crippen molar-refractivity contribution in [1.29, 1.82) is 0 Å². The lowest BCUT2D eigenvalue weighted by Gasteiger charge is -2.09. The monoisotopic (exact) mass is 365 g/mol. The first-order valence-electron chi connectivity index (χ1n) is 8.21. The van der Waals surface area contributed by atoms with Gasteiger partial charge >= 0.3 is 0 Å². The van der Waals surface area contributed by atoms with E-state index in [2.05, 4.69) is 15.0 Å². The second-order valence-electron chi connectivity index (χ2n) is 6.16. The van der Waals surface area contributed by atoms with E-state index in [-0.39, 0.29) is 11.1 Å². The van der Waals surface area contributed by atoms with Crippen molar-refractivity contribution in [3.05, 3.63) is 53.1 Å². The number of primary amides is 1. The van der Waals surface area contributed by atoms with Crippen LogP contribution in [-0.4, -0.2) is 32.4 Å². The number of pyridine rings is 1. The van der Waals surface area contributed by atoms with E-state index in [4.69, 9.17) is 10.5 Å². The van der Waals surface area contributed by atoms with Gasteiger partial charge in [0.25, 0.3) is 0 Å². The molecule has 0 saturated heterocycles. The molecule has 0 bridgehead atoms. The molecule has 1 amide bonds. The minimum atomic E-state index is -0.642. The molecule has 0 unspecified atom stereocenters. The van der Waals surface area contributed by atoms with Crippen molar-refractivity contribution in [2.24, 2.45) is 5.73 Å². The number of aryl methyl sites for hydroxylation is 2. The average molecular weight is 365 g/mol. The number of aromatic nitrogens is 4. The number of amides is 1. The van der Waals surface area contributed by atoms with Gasteiger partial charge in [-0.2, -0.15) is 4.98 Å². The molecule has 0 saturated carbocycles. The van der Waals surface area contributed by atoms with E-state index in [1.807, 2.05) is 13.8 Å². The minimum Gasteiger partial charge on any atom is -0.481 e. The highest BCUT2D eigenvalue weighted by atomic mass is 19.1. The normalized spacial score (nSPS) is 11.3. The number of ether oxygens (including phenoxy) is 1. The summed E-state index contributed by atoms with van der Waals surface area (Å²) in [6.45, 7) is 3.67. The van der Waals surface area contributed by atoms with Crippen molar-refractivity contribution in [1.82, 2.24) is 19.4 Å². The summed E-state index contributed by atoms with van der Waals surface area (Å²) in [6.07, 6.45) is 0. The number of nitrogens with two attached hydrogens (primary N) is 1. The van der Waals surface area contributed by atoms with E-state index in [9.17, 15) is 9.18 Å². The van der Waals surface area contributed by atoms with Gasteiger partial charge in [-0.25, -0.2) is 14.4 Å². The highest BCUT2D eigenvalue weighted by molar-refractivity contribution is 5.94. The summed E-state index contributed by atoms with van der Waals surface area (Å²) in [6, 6.07) is 7.43. The first-order valence-corrected chi connectivity index (χ1v) is 8.21. The molecule has 4 aromatic rings. The number of carbonyl (C=O) groups excluding carboxylic acids is 1. The van der Waals surface area contributed by atoms with Gasteiger partial charge in [0.2, 0.25) is 11.8 Å². The van der Waals surface area contributed by atoms with Gasteiger partial charge in [-0.1, -0.05) is 0 Å². The van der Waals surface area contributed by atoms with E-state index in [1.54, 1.807) is 16.5 Å². The van der Waals surface area contributed by atoms with Crippen LogP contribution in [0.1, 0.15) is 21.7 Å². The number of carbonyl (C=O) groups is 1. The number of rotatable bonds is 3. The molecule has 0 spiro atoms. The molecule has 7 nitrogen and oxygen atoms in total. The van der Waals surface area contributed by atoms with E-state index in [1.165, 1.54) is 25.3 Å². The van der Waals surface area contributed by atoms with Gasteiger partial charge < -0.3 is 10.5 Å². The topological polar surface area (TPSA) is 95.4 Å². The maximum atomic E-state index is 14.6. The zero-order valence-corrected chi connectivity index (χ0v) is 14.9. The molecule has 2 N–H and O–H groups in total. The van der Waals surface area contributed by atoms with E-state index in [0.29, 0.717) is 28.6 Å². The van der Waals surface area contributed by atoms with Crippen molar-refractivity contribution < 1.29 is 13.9 Å². The highest BCUT2D eigenvalue weighted by Gasteiger charge is 2.20. The van der Waals surface area contributed by atoms with Crippen LogP contribution in [-0.2, 0) is 0 Å². The number of hydrogen-bond acceptors (Lipinski definition) is 5. The fourth-order valence-electron chi connectivity index (χ4n) is 3.21. The van der Waals surface area contributed by atoms with Crippen molar-refractivity contribution in [2.45, 2.75) is 13.8 Å². The van der Waals surface area contributed by atoms with Gasteiger partial charge in [-0.05, 0) is 38.1 Å². The van der Waals surface area contributed by atoms with Crippen LogP contribution in [0.2, 0.25) is 0 Å². The van der Waals surface area contributed by atoms with Crippen LogP contribution >= 0.6 is 0 Å². The van der Waals surface area contributed by atoms with E-state index >= 15 is 0 Å². The Hall–Kier alpha value is -3.55. The molecule has 8 heteroatoms. The first kappa shape index (κ1) is 16.9. The second kappa shape index (κ2) is 6.01. The fourth-order valence-corrected chi connectivity index (χ4v) is 3.21. The maximum absolute atomic E-state index is 14.6. The van der Waals surface area contributed by atoms with Crippen LogP contribution in [0.4, 0.5) is 4.39 Å². The molecule has 27 heavy (non-hydrogen) atoms. The Labute approximate surface area is 153 Å². The molecular weight excluding hydrogens is 349 g/mol. The van der Waals surface area contributed by atoms with Crippen molar-refractivity contribution in [3.63, 3.8) is 0 Å². The third-order valence-electron chi connectivity index (χ3n) is 4.42. The molecule has 0 fully saturated rings. The minimum absolute atomic E-state index is 0.158. The second-order valence-corrected chi connectivity index (χ2v) is 6.16. The number of imidazole rings is 1. The van der Waals surface area contributed by atoms with Gasteiger partial charge in [-0.3, -0.25) is 9.20 Å². The molecule has 3 heterocycles. The maximum Gasteiger partial charge on any atom is 0.248 e. The molecular formula is C19H16FN5O2. The number of benzene rings is 1. The molecule has 4 rings (SSSR count). The van der Waals surface area contributed by atoms with E-state index < -0.39 is 11.7 Å². The lowest BCUT2D eigenvalue weighted by molar-refractivity contribution is 0.100. The van der Waals surface area contributed by atoms with Gasteiger partial charge in [-0.15, -0.1) is 0 Å². The van der Waals surface area contributed by atoms with Crippen LogP contribution in [0.3, 0.4) is 0 Å². The van der Waals surface area contributed by atoms with Crippen LogP contribution in [0.25, 0.3) is 28.1 Å². The number of nitrogens with zero attached hydrogens (tertiary/aromatic N) is 4. The SMILES string of the molecule is COc1ccc2nc(C)c3c(C)nc(-c4cc(C(N)=O)ccc4F)n3c2n1. The summed E-state index contributed by atoms with van der Waals surface area (Å²) >= 11 is 0. The Bertz CT molecular complexity index is 1230. The number of hydrogen-bond donors (Lipinski definition) is 1. The van der Waals surface area contributed by atoms with Crippen molar-refractivity contribution in [3.8, 4) is 17.3 Å². The average Bonchev–Trinajstić information content (AvgIpc) is 3.00. The lowest BCUT2D eigenvalue weighted by atomic mass is 10.1. The summed E-state index contributed by atoms with van der Waals surface area (Å²) in [5.41, 5.74) is 8.93. The van der Waals surface area contributed by atoms with Crippen LogP contribution < -0.4 is 10.5 Å². The standard InChI is InChI=1S/C19H16FN5O2/c1-9-16-10(2)23-18(12-8-11(17(21)26)4-5-13(12)20)25(16)19-14(22-9)6-7-15(24-19)27-3/h4-8H,1-3H3,(H2,21,26). The Morgan fingerprint density at radius 2 is 1.85 bits per heavy atom. The Morgan fingerprint density at radius 3 is 2.56 bits per heavy atom. The molecule has 0 aliphatic rings. The fraction of sp³-hybridized carbons (Fsp3) is 0.158. The van der Waals surface area contributed by atoms with Crippen LogP contribution in [0.5, 0.6) is 5.88 Å². The van der Waals surface area contributed by atoms with Crippen molar-refractivity contribution in [2.75, 3.05) is 7.11 Å². The van der Waals surface area contributed by atoms with Crippen LogP contribution in [0, 0.1) is 19.7 Å². The quantitative estimate of drug-likeness (QED) is 0.602. The molecule has 1 aromatic carbocycles. The molecule has 0 aliphatic carbocycles. The van der Waals surface area contributed by atoms with Gasteiger partial charge in [0, 0.05) is 11.6 Å².